The molecule has 0 aromatic heterocycles. The van der Waals surface area contributed by atoms with Gasteiger partial charge in [-0.05, 0) is 18.9 Å². The zero-order valence-electron chi connectivity index (χ0n) is 10.5. The molecule has 0 fully saturated rings. The van der Waals surface area contributed by atoms with Crippen molar-refractivity contribution in [2.75, 3.05) is 6.54 Å². The molecule has 0 aliphatic heterocycles. The van der Waals surface area contributed by atoms with E-state index in [9.17, 15) is 0 Å². The summed E-state index contributed by atoms with van der Waals surface area (Å²) in [6, 6.07) is 12.9. The normalized spacial score (nSPS) is 10.9. The van der Waals surface area contributed by atoms with E-state index in [1.54, 1.807) is 0 Å². The second-order valence-electron chi connectivity index (χ2n) is 3.45. The van der Waals surface area contributed by atoms with Gasteiger partial charge in [0.15, 0.2) is 0 Å². The molecule has 0 heterocycles. The van der Waals surface area contributed by atoms with Gasteiger partial charge in [0.25, 0.3) is 0 Å². The predicted molar refractivity (Wildman–Crippen MR) is 69.2 cm³/mol. The van der Waals surface area contributed by atoms with Gasteiger partial charge in [-0.25, -0.2) is 0 Å². The van der Waals surface area contributed by atoms with Crippen molar-refractivity contribution in [3.63, 3.8) is 0 Å². The molecule has 1 rings (SSSR count). The molecule has 0 amide bonds. The quantitative estimate of drug-likeness (QED) is 0.771. The van der Waals surface area contributed by atoms with Crippen LogP contribution in [0.4, 0.5) is 0 Å². The number of nitrogens with one attached hydrogen (secondary N) is 1. The number of benzene rings is 1. The molecule has 1 N–H and O–H groups in total. The lowest BCUT2D eigenvalue weighted by atomic mass is 10.1. The van der Waals surface area contributed by atoms with E-state index < -0.39 is 0 Å². The molecule has 1 aromatic carbocycles. The molecule has 0 radical (unpaired) electrons. The standard InChI is InChI=1S/C12H16N2.C2H6/c1-11(14-9-5-8-13)10-12-6-3-2-4-7-12;1-2/h2-4,6-7,11,14H,5,9-10H2,1H3;1-2H3. The summed E-state index contributed by atoms with van der Waals surface area (Å²) >= 11 is 0. The third-order valence-corrected chi connectivity index (χ3v) is 2.11. The van der Waals surface area contributed by atoms with Crippen LogP contribution >= 0.6 is 0 Å². The van der Waals surface area contributed by atoms with Crippen molar-refractivity contribution < 1.29 is 0 Å². The van der Waals surface area contributed by atoms with Gasteiger partial charge in [0, 0.05) is 19.0 Å². The highest BCUT2D eigenvalue weighted by Crippen LogP contribution is 2.02. The van der Waals surface area contributed by atoms with Gasteiger partial charge in [-0.2, -0.15) is 5.26 Å². The van der Waals surface area contributed by atoms with Crippen LogP contribution < -0.4 is 5.32 Å². The predicted octanol–water partition coefficient (Wildman–Crippen LogP) is 3.15. The monoisotopic (exact) mass is 218 g/mol. The van der Waals surface area contributed by atoms with Gasteiger partial charge in [-0.3, -0.25) is 0 Å². The van der Waals surface area contributed by atoms with Gasteiger partial charge < -0.3 is 5.32 Å². The molecular formula is C14H22N2. The third kappa shape index (κ3) is 7.03. The van der Waals surface area contributed by atoms with Crippen LogP contribution in [0.3, 0.4) is 0 Å². The molecule has 0 aliphatic carbocycles. The SMILES string of the molecule is CC.CC(Cc1ccccc1)NCCC#N. The van der Waals surface area contributed by atoms with Crippen LogP contribution in [-0.2, 0) is 6.42 Å². The van der Waals surface area contributed by atoms with E-state index in [0.717, 1.165) is 13.0 Å². The van der Waals surface area contributed by atoms with Gasteiger partial charge in [-0.15, -0.1) is 0 Å². The Morgan fingerprint density at radius 3 is 2.44 bits per heavy atom. The van der Waals surface area contributed by atoms with E-state index in [4.69, 9.17) is 5.26 Å². The number of rotatable bonds is 5. The fourth-order valence-corrected chi connectivity index (χ4v) is 1.41. The number of nitrogens with zero attached hydrogens (tertiary/aromatic N) is 1. The van der Waals surface area contributed by atoms with E-state index in [1.807, 2.05) is 19.9 Å². The summed E-state index contributed by atoms with van der Waals surface area (Å²) in [6.07, 6.45) is 1.60. The Morgan fingerprint density at radius 1 is 1.25 bits per heavy atom. The zero-order chi connectivity index (χ0) is 12.2. The van der Waals surface area contributed by atoms with Crippen LogP contribution in [0.1, 0.15) is 32.8 Å². The van der Waals surface area contributed by atoms with Crippen molar-refractivity contribution in [1.82, 2.24) is 5.32 Å². The molecule has 16 heavy (non-hydrogen) atoms. The lowest BCUT2D eigenvalue weighted by molar-refractivity contribution is 0.553. The Balaban J connectivity index is 0.00000106. The topological polar surface area (TPSA) is 35.8 Å². The number of nitriles is 1. The molecule has 88 valence electrons. The molecule has 2 heteroatoms. The average molecular weight is 218 g/mol. The molecular weight excluding hydrogens is 196 g/mol. The first kappa shape index (κ1) is 14.7. The van der Waals surface area contributed by atoms with Gasteiger partial charge in [0.05, 0.1) is 6.07 Å². The van der Waals surface area contributed by atoms with Crippen LogP contribution in [0.15, 0.2) is 30.3 Å². The second kappa shape index (κ2) is 10.2. The smallest absolute Gasteiger partial charge is 0.0635 e. The first-order valence-corrected chi connectivity index (χ1v) is 5.97. The Hall–Kier alpha value is -1.33. The molecule has 0 bridgehead atoms. The van der Waals surface area contributed by atoms with Crippen LogP contribution in [0, 0.1) is 11.3 Å². The first-order chi connectivity index (χ1) is 7.83. The van der Waals surface area contributed by atoms with Gasteiger partial charge >= 0.3 is 0 Å². The van der Waals surface area contributed by atoms with Gasteiger partial charge in [-0.1, -0.05) is 44.2 Å². The minimum Gasteiger partial charge on any atom is -0.313 e. The van der Waals surface area contributed by atoms with E-state index in [-0.39, 0.29) is 0 Å². The Bertz CT molecular complexity index is 287. The molecule has 1 atom stereocenters. The molecule has 1 aromatic rings. The highest BCUT2D eigenvalue weighted by molar-refractivity contribution is 5.15. The van der Waals surface area contributed by atoms with Crippen LogP contribution in [0.2, 0.25) is 0 Å². The maximum Gasteiger partial charge on any atom is 0.0635 e. The van der Waals surface area contributed by atoms with Gasteiger partial charge in [0.2, 0.25) is 0 Å². The van der Waals surface area contributed by atoms with Crippen molar-refractivity contribution >= 4 is 0 Å². The molecule has 2 nitrogen and oxygen atoms in total. The highest BCUT2D eigenvalue weighted by Gasteiger charge is 2.01. The minimum absolute atomic E-state index is 0.436. The second-order valence-corrected chi connectivity index (χ2v) is 3.45. The molecule has 0 saturated carbocycles. The first-order valence-electron chi connectivity index (χ1n) is 5.97. The summed E-state index contributed by atoms with van der Waals surface area (Å²) in [6.45, 7) is 6.93. The molecule has 1 unspecified atom stereocenters. The molecule has 0 spiro atoms. The van der Waals surface area contributed by atoms with Gasteiger partial charge in [0.1, 0.15) is 0 Å². The summed E-state index contributed by atoms with van der Waals surface area (Å²) in [5.74, 6) is 0. The Morgan fingerprint density at radius 2 is 1.88 bits per heavy atom. The summed E-state index contributed by atoms with van der Waals surface area (Å²) in [4.78, 5) is 0. The maximum atomic E-state index is 8.38. The minimum atomic E-state index is 0.436. The molecule has 0 aliphatic rings. The van der Waals surface area contributed by atoms with Crippen molar-refractivity contribution in [2.24, 2.45) is 0 Å². The van der Waals surface area contributed by atoms with Crippen molar-refractivity contribution in [3.8, 4) is 6.07 Å². The largest absolute Gasteiger partial charge is 0.313 e. The van der Waals surface area contributed by atoms with E-state index in [2.05, 4.69) is 42.6 Å². The fraction of sp³-hybridized carbons (Fsp3) is 0.500. The molecule has 0 saturated heterocycles. The lowest BCUT2D eigenvalue weighted by Gasteiger charge is -2.12. The van der Waals surface area contributed by atoms with E-state index in [1.165, 1.54) is 5.56 Å². The summed E-state index contributed by atoms with van der Waals surface area (Å²) < 4.78 is 0. The Labute approximate surface area is 99.3 Å². The number of hydrogen-bond donors (Lipinski definition) is 1. The van der Waals surface area contributed by atoms with Crippen LogP contribution in [0.5, 0.6) is 0 Å². The zero-order valence-corrected chi connectivity index (χ0v) is 10.5. The summed E-state index contributed by atoms with van der Waals surface area (Å²) in [5.41, 5.74) is 1.34. The van der Waals surface area contributed by atoms with Crippen LogP contribution in [-0.4, -0.2) is 12.6 Å². The maximum absolute atomic E-state index is 8.38. The summed E-state index contributed by atoms with van der Waals surface area (Å²) in [5, 5.41) is 11.7. The average Bonchev–Trinajstić information content (AvgIpc) is 2.33. The number of hydrogen-bond acceptors (Lipinski definition) is 2. The lowest BCUT2D eigenvalue weighted by Crippen LogP contribution is -2.28. The summed E-state index contributed by atoms with van der Waals surface area (Å²) in [7, 11) is 0. The van der Waals surface area contributed by atoms with Crippen LogP contribution in [0.25, 0.3) is 0 Å². The Kier molecular flexibility index (Phi) is 9.35. The van der Waals surface area contributed by atoms with Crippen molar-refractivity contribution in [1.29, 1.82) is 5.26 Å². The van der Waals surface area contributed by atoms with Crippen molar-refractivity contribution in [3.05, 3.63) is 35.9 Å². The van der Waals surface area contributed by atoms with E-state index >= 15 is 0 Å². The van der Waals surface area contributed by atoms with E-state index in [0.29, 0.717) is 12.5 Å². The fourth-order valence-electron chi connectivity index (χ4n) is 1.41. The van der Waals surface area contributed by atoms with Crippen molar-refractivity contribution in [2.45, 2.75) is 39.7 Å². The third-order valence-electron chi connectivity index (χ3n) is 2.11. The highest BCUT2D eigenvalue weighted by atomic mass is 14.9.